The lowest BCUT2D eigenvalue weighted by Crippen LogP contribution is -2.34. The van der Waals surface area contributed by atoms with Crippen molar-refractivity contribution in [3.8, 4) is 0 Å². The predicted molar refractivity (Wildman–Crippen MR) is 73.9 cm³/mol. The SMILES string of the molecule is CC(=O)OC1CSC(COCc2ccccc2)CO1. The number of benzene rings is 1. The molecule has 1 aliphatic heterocycles. The second kappa shape index (κ2) is 7.53. The zero-order chi connectivity index (χ0) is 13.5. The van der Waals surface area contributed by atoms with E-state index in [1.165, 1.54) is 12.5 Å². The Morgan fingerprint density at radius 3 is 2.84 bits per heavy atom. The van der Waals surface area contributed by atoms with Crippen molar-refractivity contribution in [1.29, 1.82) is 0 Å². The maximum atomic E-state index is 10.8. The van der Waals surface area contributed by atoms with Crippen molar-refractivity contribution in [2.75, 3.05) is 19.0 Å². The van der Waals surface area contributed by atoms with E-state index < -0.39 is 6.29 Å². The van der Waals surface area contributed by atoms with Crippen molar-refractivity contribution in [2.24, 2.45) is 0 Å². The molecule has 0 spiro atoms. The van der Waals surface area contributed by atoms with Crippen LogP contribution in [0.5, 0.6) is 0 Å². The van der Waals surface area contributed by atoms with Crippen LogP contribution in [0.25, 0.3) is 0 Å². The van der Waals surface area contributed by atoms with Crippen LogP contribution in [0.15, 0.2) is 30.3 Å². The van der Waals surface area contributed by atoms with Gasteiger partial charge in [0.25, 0.3) is 0 Å². The van der Waals surface area contributed by atoms with Crippen LogP contribution in [-0.4, -0.2) is 36.5 Å². The molecule has 1 aliphatic rings. The van der Waals surface area contributed by atoms with Gasteiger partial charge >= 0.3 is 5.97 Å². The summed E-state index contributed by atoms with van der Waals surface area (Å²) >= 11 is 1.72. The number of carbonyl (C=O) groups is 1. The van der Waals surface area contributed by atoms with Gasteiger partial charge in [-0.1, -0.05) is 30.3 Å². The van der Waals surface area contributed by atoms with Crippen LogP contribution in [0.4, 0.5) is 0 Å². The van der Waals surface area contributed by atoms with Crippen molar-refractivity contribution < 1.29 is 19.0 Å². The van der Waals surface area contributed by atoms with Gasteiger partial charge in [0, 0.05) is 6.92 Å². The van der Waals surface area contributed by atoms with E-state index in [0.29, 0.717) is 30.8 Å². The highest BCUT2D eigenvalue weighted by Gasteiger charge is 2.24. The maximum absolute atomic E-state index is 10.8. The molecule has 2 unspecified atom stereocenters. The van der Waals surface area contributed by atoms with Crippen molar-refractivity contribution in [3.05, 3.63) is 35.9 Å². The monoisotopic (exact) mass is 282 g/mol. The van der Waals surface area contributed by atoms with E-state index in [1.54, 1.807) is 11.8 Å². The standard InChI is InChI=1S/C14H18O4S/c1-11(15)18-14-10-19-13(9-17-14)8-16-7-12-5-3-2-4-6-12/h2-6,13-14H,7-10H2,1H3. The molecule has 1 heterocycles. The van der Waals surface area contributed by atoms with Crippen molar-refractivity contribution in [3.63, 3.8) is 0 Å². The van der Waals surface area contributed by atoms with Gasteiger partial charge in [-0.15, -0.1) is 11.8 Å². The summed E-state index contributed by atoms with van der Waals surface area (Å²) in [4.78, 5) is 10.8. The highest BCUT2D eigenvalue weighted by molar-refractivity contribution is 8.00. The normalized spacial score (nSPS) is 23.0. The number of carbonyl (C=O) groups excluding carboxylic acids is 1. The third-order valence-corrected chi connectivity index (χ3v) is 3.86. The number of esters is 1. The highest BCUT2D eigenvalue weighted by Crippen LogP contribution is 2.22. The molecule has 19 heavy (non-hydrogen) atoms. The molecule has 0 amide bonds. The molecular weight excluding hydrogens is 264 g/mol. The Hall–Kier alpha value is -1.04. The highest BCUT2D eigenvalue weighted by atomic mass is 32.2. The van der Waals surface area contributed by atoms with Crippen LogP contribution in [0.2, 0.25) is 0 Å². The lowest BCUT2D eigenvalue weighted by molar-refractivity contribution is -0.172. The van der Waals surface area contributed by atoms with Gasteiger partial charge in [0.2, 0.25) is 6.29 Å². The summed E-state index contributed by atoms with van der Waals surface area (Å²) in [5, 5.41) is 0.301. The van der Waals surface area contributed by atoms with E-state index in [0.717, 1.165) is 0 Å². The fourth-order valence-electron chi connectivity index (χ4n) is 1.76. The van der Waals surface area contributed by atoms with Crippen molar-refractivity contribution in [2.45, 2.75) is 25.1 Å². The summed E-state index contributed by atoms with van der Waals surface area (Å²) < 4.78 is 16.1. The zero-order valence-corrected chi connectivity index (χ0v) is 11.7. The lowest BCUT2D eigenvalue weighted by Gasteiger charge is -2.27. The summed E-state index contributed by atoms with van der Waals surface area (Å²) in [7, 11) is 0. The largest absolute Gasteiger partial charge is 0.435 e. The number of thioether (sulfide) groups is 1. The molecule has 0 saturated carbocycles. The number of hydrogen-bond donors (Lipinski definition) is 0. The fraction of sp³-hybridized carbons (Fsp3) is 0.500. The molecule has 0 aromatic heterocycles. The molecule has 0 bridgehead atoms. The number of rotatable bonds is 5. The quantitative estimate of drug-likeness (QED) is 0.775. The van der Waals surface area contributed by atoms with E-state index in [-0.39, 0.29) is 5.97 Å². The predicted octanol–water partition coefficient (Wildman–Crippen LogP) is 2.22. The van der Waals surface area contributed by atoms with Gasteiger partial charge in [-0.2, -0.15) is 0 Å². The molecule has 1 aromatic carbocycles. The fourth-order valence-corrected chi connectivity index (χ4v) is 2.72. The second-order valence-electron chi connectivity index (χ2n) is 4.33. The van der Waals surface area contributed by atoms with Crippen molar-refractivity contribution in [1.82, 2.24) is 0 Å². The second-order valence-corrected chi connectivity index (χ2v) is 5.66. The molecule has 4 nitrogen and oxygen atoms in total. The molecular formula is C14H18O4S. The maximum Gasteiger partial charge on any atom is 0.304 e. The van der Waals surface area contributed by atoms with E-state index in [2.05, 4.69) is 0 Å². The molecule has 104 valence electrons. The van der Waals surface area contributed by atoms with Crippen LogP contribution < -0.4 is 0 Å². The lowest BCUT2D eigenvalue weighted by atomic mass is 10.2. The average Bonchev–Trinajstić information content (AvgIpc) is 2.41. The zero-order valence-electron chi connectivity index (χ0n) is 10.9. The Labute approximate surface area is 117 Å². The van der Waals surface area contributed by atoms with Crippen LogP contribution in [0.3, 0.4) is 0 Å². The first-order valence-electron chi connectivity index (χ1n) is 6.26. The summed E-state index contributed by atoms with van der Waals surface area (Å²) in [6.07, 6.45) is -0.409. The summed E-state index contributed by atoms with van der Waals surface area (Å²) in [5.41, 5.74) is 1.17. The van der Waals surface area contributed by atoms with Gasteiger partial charge < -0.3 is 14.2 Å². The molecule has 1 saturated heterocycles. The van der Waals surface area contributed by atoms with Crippen molar-refractivity contribution >= 4 is 17.7 Å². The Balaban J connectivity index is 1.62. The van der Waals surface area contributed by atoms with Gasteiger partial charge in [0.05, 0.1) is 30.8 Å². The molecule has 1 fully saturated rings. The van der Waals surface area contributed by atoms with Crippen LogP contribution in [0.1, 0.15) is 12.5 Å². The topological polar surface area (TPSA) is 44.8 Å². The van der Waals surface area contributed by atoms with E-state index in [1.807, 2.05) is 30.3 Å². The third kappa shape index (κ3) is 5.22. The summed E-state index contributed by atoms with van der Waals surface area (Å²) in [6.45, 7) is 3.21. The van der Waals surface area contributed by atoms with Crippen LogP contribution in [0, 0.1) is 0 Å². The number of ether oxygens (including phenoxy) is 3. The molecule has 0 N–H and O–H groups in total. The van der Waals surface area contributed by atoms with Crippen LogP contribution >= 0.6 is 11.8 Å². The van der Waals surface area contributed by atoms with Gasteiger partial charge in [-0.25, -0.2) is 0 Å². The van der Waals surface area contributed by atoms with E-state index in [9.17, 15) is 4.79 Å². The Kier molecular flexibility index (Phi) is 5.69. The minimum atomic E-state index is -0.409. The van der Waals surface area contributed by atoms with Gasteiger partial charge in [-0.05, 0) is 5.56 Å². The molecule has 1 aromatic rings. The Morgan fingerprint density at radius 2 is 2.21 bits per heavy atom. The van der Waals surface area contributed by atoms with E-state index >= 15 is 0 Å². The smallest absolute Gasteiger partial charge is 0.304 e. The van der Waals surface area contributed by atoms with Gasteiger partial charge in [0.1, 0.15) is 0 Å². The Morgan fingerprint density at radius 1 is 1.42 bits per heavy atom. The third-order valence-electron chi connectivity index (χ3n) is 2.65. The first-order chi connectivity index (χ1) is 9.24. The van der Waals surface area contributed by atoms with Crippen LogP contribution in [-0.2, 0) is 25.6 Å². The van der Waals surface area contributed by atoms with Gasteiger partial charge in [-0.3, -0.25) is 4.79 Å². The number of hydrogen-bond acceptors (Lipinski definition) is 5. The van der Waals surface area contributed by atoms with Gasteiger partial charge in [0.15, 0.2) is 0 Å². The first kappa shape index (κ1) is 14.4. The minimum Gasteiger partial charge on any atom is -0.435 e. The summed E-state index contributed by atoms with van der Waals surface area (Å²) in [5.74, 6) is 0.364. The molecule has 0 radical (unpaired) electrons. The van der Waals surface area contributed by atoms with E-state index in [4.69, 9.17) is 14.2 Å². The summed E-state index contributed by atoms with van der Waals surface area (Å²) in [6, 6.07) is 10.1. The molecule has 0 aliphatic carbocycles. The molecule has 2 atom stereocenters. The molecule has 2 rings (SSSR count). The Bertz CT molecular complexity index is 388. The minimum absolute atomic E-state index is 0.301. The first-order valence-corrected chi connectivity index (χ1v) is 7.31. The molecule has 5 heteroatoms. The average molecular weight is 282 g/mol.